The number of esters is 2. The van der Waals surface area contributed by atoms with E-state index in [1.165, 1.54) is 0 Å². The van der Waals surface area contributed by atoms with Crippen molar-refractivity contribution in [1.82, 2.24) is 0 Å². The third-order valence-electron chi connectivity index (χ3n) is 1.94. The highest BCUT2D eigenvalue weighted by Crippen LogP contribution is 2.16. The van der Waals surface area contributed by atoms with E-state index in [0.717, 1.165) is 0 Å². The summed E-state index contributed by atoms with van der Waals surface area (Å²) >= 11 is 0. The molecule has 2 atom stereocenters. The molecule has 0 radical (unpaired) electrons. The topological polar surface area (TPSA) is 71.1 Å². The Labute approximate surface area is 101 Å². The highest BCUT2D eigenvalue weighted by molar-refractivity contribution is 6.21. The third kappa shape index (κ3) is 4.01. The lowest BCUT2D eigenvalue weighted by Crippen LogP contribution is -2.40. The highest BCUT2D eigenvalue weighted by Gasteiger charge is 2.43. The predicted octanol–water partition coefficient (Wildman–Crippen LogP) is -0.0599. The van der Waals surface area contributed by atoms with Gasteiger partial charge in [-0.05, 0) is 27.7 Å². The Morgan fingerprint density at radius 3 is 1.59 bits per heavy atom. The second kappa shape index (κ2) is 6.02. The number of ether oxygens (including phenoxy) is 2. The molecular formula is C10H17BO6. The summed E-state index contributed by atoms with van der Waals surface area (Å²) < 4.78 is 20.0. The Hall–Kier alpha value is -1.08. The Morgan fingerprint density at radius 2 is 1.29 bits per heavy atom. The molecule has 17 heavy (non-hydrogen) atoms. The fourth-order valence-corrected chi connectivity index (χ4v) is 1.34. The third-order valence-corrected chi connectivity index (χ3v) is 1.94. The molecule has 1 aliphatic rings. The summed E-state index contributed by atoms with van der Waals surface area (Å²) in [6, 6.07) is 0. The second-order valence-electron chi connectivity index (χ2n) is 4.26. The van der Waals surface area contributed by atoms with Crippen molar-refractivity contribution in [2.75, 3.05) is 0 Å². The molecule has 1 aliphatic heterocycles. The Kier molecular flexibility index (Phi) is 4.95. The summed E-state index contributed by atoms with van der Waals surface area (Å²) in [5.74, 6) is -1.22. The number of carbonyl (C=O) groups excluding carboxylic acids is 2. The maximum Gasteiger partial charge on any atom is 0.439 e. The Balaban J connectivity index is 2.59. The van der Waals surface area contributed by atoms with Crippen LogP contribution >= 0.6 is 0 Å². The summed E-state index contributed by atoms with van der Waals surface area (Å²) in [5.41, 5.74) is 0. The van der Waals surface area contributed by atoms with Crippen LogP contribution in [0.4, 0.5) is 0 Å². The summed E-state index contributed by atoms with van der Waals surface area (Å²) in [4.78, 5) is 23.2. The van der Waals surface area contributed by atoms with Crippen molar-refractivity contribution in [3.05, 3.63) is 0 Å². The Bertz CT molecular complexity index is 263. The Morgan fingerprint density at radius 1 is 0.941 bits per heavy atom. The molecule has 1 saturated heterocycles. The molecule has 0 saturated carbocycles. The molecule has 0 aromatic rings. The van der Waals surface area contributed by atoms with Gasteiger partial charge >= 0.3 is 19.6 Å². The number of carbonyl (C=O) groups is 2. The van der Waals surface area contributed by atoms with Crippen LogP contribution in [0.1, 0.15) is 27.7 Å². The first-order chi connectivity index (χ1) is 7.91. The highest BCUT2D eigenvalue weighted by atomic mass is 16.7. The van der Waals surface area contributed by atoms with E-state index in [1.54, 1.807) is 27.7 Å². The number of hydrogen-bond acceptors (Lipinski definition) is 6. The van der Waals surface area contributed by atoms with Crippen molar-refractivity contribution in [1.29, 1.82) is 0 Å². The molecule has 96 valence electrons. The lowest BCUT2D eigenvalue weighted by Gasteiger charge is -2.18. The molecule has 7 heteroatoms. The molecule has 1 fully saturated rings. The number of hydrogen-bond donors (Lipinski definition) is 0. The molecule has 0 aromatic carbocycles. The van der Waals surface area contributed by atoms with Crippen LogP contribution in [-0.2, 0) is 28.4 Å². The maximum atomic E-state index is 11.6. The van der Waals surface area contributed by atoms with Crippen molar-refractivity contribution in [3.63, 3.8) is 0 Å². The smallest absolute Gasteiger partial charge is 0.439 e. The second-order valence-corrected chi connectivity index (χ2v) is 4.26. The van der Waals surface area contributed by atoms with E-state index >= 15 is 0 Å². The lowest BCUT2D eigenvalue weighted by molar-refractivity contribution is -0.167. The predicted molar refractivity (Wildman–Crippen MR) is 59.4 cm³/mol. The van der Waals surface area contributed by atoms with Crippen LogP contribution in [0.15, 0.2) is 0 Å². The lowest BCUT2D eigenvalue weighted by atomic mass is 10.2. The minimum atomic E-state index is -1.04. The zero-order valence-electron chi connectivity index (χ0n) is 10.5. The van der Waals surface area contributed by atoms with Gasteiger partial charge in [0.1, 0.15) is 0 Å². The molecule has 0 aromatic heterocycles. The molecular weight excluding hydrogens is 227 g/mol. The van der Waals surface area contributed by atoms with Gasteiger partial charge in [-0.2, -0.15) is 0 Å². The molecule has 2 unspecified atom stereocenters. The quantitative estimate of drug-likeness (QED) is 0.509. The van der Waals surface area contributed by atoms with Gasteiger partial charge in [-0.1, -0.05) is 0 Å². The fourth-order valence-electron chi connectivity index (χ4n) is 1.34. The monoisotopic (exact) mass is 244 g/mol. The van der Waals surface area contributed by atoms with E-state index in [2.05, 4.69) is 0 Å². The summed E-state index contributed by atoms with van der Waals surface area (Å²) in [7, 11) is -0.115. The average Bonchev–Trinajstić information content (AvgIpc) is 2.63. The standard InChI is InChI=1S/C10H17BO6/c1-5(2)14-9(12)7-8(17-11-16-7)10(13)15-6(3)4/h5-8,11H,1-4H3. The van der Waals surface area contributed by atoms with Gasteiger partial charge in [-0.15, -0.1) is 0 Å². The summed E-state index contributed by atoms with van der Waals surface area (Å²) in [6.45, 7) is 6.87. The van der Waals surface area contributed by atoms with Crippen LogP contribution < -0.4 is 0 Å². The van der Waals surface area contributed by atoms with Crippen LogP contribution in [0, 0.1) is 0 Å². The molecule has 0 bridgehead atoms. The zero-order chi connectivity index (χ0) is 13.0. The van der Waals surface area contributed by atoms with Gasteiger partial charge < -0.3 is 18.8 Å². The van der Waals surface area contributed by atoms with Gasteiger partial charge in [-0.3, -0.25) is 0 Å². The molecule has 0 amide bonds. The molecule has 0 spiro atoms. The van der Waals surface area contributed by atoms with Crippen LogP contribution in [0.3, 0.4) is 0 Å². The van der Waals surface area contributed by atoms with Gasteiger partial charge in [-0.25, -0.2) is 9.59 Å². The van der Waals surface area contributed by atoms with Crippen LogP contribution in [0.5, 0.6) is 0 Å². The summed E-state index contributed by atoms with van der Waals surface area (Å²) in [6.07, 6.45) is -2.62. The van der Waals surface area contributed by atoms with Crippen LogP contribution in [0.25, 0.3) is 0 Å². The fraction of sp³-hybridized carbons (Fsp3) is 0.800. The molecule has 6 nitrogen and oxygen atoms in total. The largest absolute Gasteiger partial charge is 0.461 e. The minimum absolute atomic E-state index is 0.115. The van der Waals surface area contributed by atoms with E-state index in [-0.39, 0.29) is 19.9 Å². The molecule has 1 rings (SSSR count). The summed E-state index contributed by atoms with van der Waals surface area (Å²) in [5, 5.41) is 0. The van der Waals surface area contributed by atoms with Crippen LogP contribution in [-0.4, -0.2) is 44.0 Å². The average molecular weight is 244 g/mol. The number of rotatable bonds is 4. The van der Waals surface area contributed by atoms with E-state index in [4.69, 9.17) is 18.8 Å². The van der Waals surface area contributed by atoms with Crippen LogP contribution in [0.2, 0.25) is 0 Å². The normalized spacial score (nSPS) is 23.6. The van der Waals surface area contributed by atoms with E-state index in [9.17, 15) is 9.59 Å². The first-order valence-electron chi connectivity index (χ1n) is 5.56. The minimum Gasteiger partial charge on any atom is -0.461 e. The van der Waals surface area contributed by atoms with E-state index in [0.29, 0.717) is 0 Å². The van der Waals surface area contributed by atoms with E-state index < -0.39 is 24.1 Å². The van der Waals surface area contributed by atoms with Gasteiger partial charge in [0.25, 0.3) is 0 Å². The van der Waals surface area contributed by atoms with Crippen molar-refractivity contribution in [3.8, 4) is 0 Å². The maximum absolute atomic E-state index is 11.6. The van der Waals surface area contributed by atoms with Crippen molar-refractivity contribution < 1.29 is 28.4 Å². The van der Waals surface area contributed by atoms with Crippen molar-refractivity contribution in [2.45, 2.75) is 52.1 Å². The zero-order valence-corrected chi connectivity index (χ0v) is 10.5. The van der Waals surface area contributed by atoms with Gasteiger partial charge in [0.2, 0.25) is 0 Å². The SMILES string of the molecule is CC(C)OC(=O)C1OBOC1C(=O)OC(C)C. The van der Waals surface area contributed by atoms with Gasteiger partial charge in [0, 0.05) is 0 Å². The van der Waals surface area contributed by atoms with E-state index in [1.807, 2.05) is 0 Å². The van der Waals surface area contributed by atoms with Crippen molar-refractivity contribution >= 4 is 19.6 Å². The van der Waals surface area contributed by atoms with Gasteiger partial charge in [0.15, 0.2) is 12.2 Å². The van der Waals surface area contributed by atoms with Crippen molar-refractivity contribution in [2.24, 2.45) is 0 Å². The van der Waals surface area contributed by atoms with Gasteiger partial charge in [0.05, 0.1) is 12.2 Å². The molecule has 0 N–H and O–H groups in total. The molecule has 1 heterocycles. The first-order valence-corrected chi connectivity index (χ1v) is 5.56. The molecule has 0 aliphatic carbocycles. The first kappa shape index (κ1) is 14.0.